The smallest absolute Gasteiger partial charge is 0.430 e. The van der Waals surface area contributed by atoms with E-state index in [4.69, 9.17) is 9.47 Å². The van der Waals surface area contributed by atoms with Gasteiger partial charge in [0.1, 0.15) is 17.0 Å². The summed E-state index contributed by atoms with van der Waals surface area (Å²) >= 11 is 0. The van der Waals surface area contributed by atoms with Crippen molar-refractivity contribution < 1.29 is 50.1 Å². The molecule has 1 fully saturated rings. The van der Waals surface area contributed by atoms with Gasteiger partial charge in [0.15, 0.2) is 0 Å². The third-order valence-electron chi connectivity index (χ3n) is 8.24. The molecule has 2 aliphatic rings. The summed E-state index contributed by atoms with van der Waals surface area (Å²) in [4.78, 5) is 27.1. The van der Waals surface area contributed by atoms with E-state index >= 15 is 0 Å². The van der Waals surface area contributed by atoms with Gasteiger partial charge >= 0.3 is 18.4 Å². The van der Waals surface area contributed by atoms with Crippen LogP contribution in [0.3, 0.4) is 0 Å². The van der Waals surface area contributed by atoms with E-state index < -0.39 is 47.6 Å². The molecule has 0 saturated carbocycles. The number of unbranched alkanes of at least 4 members (excludes halogenated alkanes) is 1. The molecule has 1 saturated heterocycles. The zero-order valence-corrected chi connectivity index (χ0v) is 25.7. The Labute approximate surface area is 258 Å². The Hall–Kier alpha value is -3.48. The summed E-state index contributed by atoms with van der Waals surface area (Å²) in [5.41, 5.74) is -5.58. The van der Waals surface area contributed by atoms with Gasteiger partial charge in [0.2, 0.25) is 0 Å². The molecule has 3 amide bonds. The van der Waals surface area contributed by atoms with Crippen molar-refractivity contribution in [2.75, 3.05) is 19.8 Å². The number of nitrogens with zero attached hydrogens (tertiary/aromatic N) is 1. The molecule has 7 nitrogen and oxygen atoms in total. The molecule has 0 bridgehead atoms. The van der Waals surface area contributed by atoms with Crippen molar-refractivity contribution in [3.8, 4) is 11.5 Å². The quantitative estimate of drug-likeness (QED) is 0.139. The summed E-state index contributed by atoms with van der Waals surface area (Å²) in [6, 6.07) is 7.29. The minimum atomic E-state index is -5.71. The molecule has 0 aromatic heterocycles. The van der Waals surface area contributed by atoms with Crippen molar-refractivity contribution in [3.05, 3.63) is 58.1 Å². The number of aryl methyl sites for hydroxylation is 1. The van der Waals surface area contributed by atoms with Gasteiger partial charge in [-0.3, -0.25) is 9.69 Å². The summed E-state index contributed by atoms with van der Waals surface area (Å²) in [6.45, 7) is 6.85. The van der Waals surface area contributed by atoms with Crippen molar-refractivity contribution in [1.29, 1.82) is 0 Å². The van der Waals surface area contributed by atoms with E-state index in [1.807, 2.05) is 6.92 Å². The molecule has 4 rings (SSSR count). The maximum absolute atomic E-state index is 14.0. The van der Waals surface area contributed by atoms with Gasteiger partial charge in [-0.2, -0.15) is 26.3 Å². The normalized spacial score (nSPS) is 19.6. The largest absolute Gasteiger partial charge is 0.494 e. The fraction of sp³-hybridized carbons (Fsp3) is 0.562. The van der Waals surface area contributed by atoms with Crippen LogP contribution in [-0.2, 0) is 40.1 Å². The van der Waals surface area contributed by atoms with Gasteiger partial charge in [-0.05, 0) is 74.4 Å². The second-order valence-electron chi connectivity index (χ2n) is 11.4. The Bertz CT molecular complexity index is 1380. The van der Waals surface area contributed by atoms with Crippen LogP contribution in [0.5, 0.6) is 11.5 Å². The molecule has 0 aliphatic carbocycles. The molecular weight excluding hydrogens is 606 g/mol. The standard InChI is InChI=1S/C32H38F6N2O5/c1-5-10-20-18-25-24(19-45-30(25,31(33,34)35)32(36,37)38)23(11-6-2)26(20)44-17-9-8-16-40-27(41)29(4,39-28(40)42)21-12-14-22(15-13-21)43-7-3/h12-15,18H,5-11,16-17,19H2,1-4H3,(H,39,42). The predicted octanol–water partition coefficient (Wildman–Crippen LogP) is 7.47. The molecule has 248 valence electrons. The highest BCUT2D eigenvalue weighted by atomic mass is 19.4. The van der Waals surface area contributed by atoms with Crippen LogP contribution < -0.4 is 14.8 Å². The van der Waals surface area contributed by atoms with Crippen LogP contribution in [0.2, 0.25) is 0 Å². The molecule has 2 aromatic rings. The summed E-state index contributed by atoms with van der Waals surface area (Å²) in [6.07, 6.45) is -9.35. The fourth-order valence-electron chi connectivity index (χ4n) is 6.03. The lowest BCUT2D eigenvalue weighted by molar-refractivity contribution is -0.385. The number of ether oxygens (including phenoxy) is 3. The minimum absolute atomic E-state index is 0.0799. The first kappa shape index (κ1) is 34.4. The van der Waals surface area contributed by atoms with Crippen LogP contribution in [0.15, 0.2) is 30.3 Å². The highest BCUT2D eigenvalue weighted by molar-refractivity contribution is 6.07. The van der Waals surface area contributed by atoms with Crippen LogP contribution in [0.4, 0.5) is 31.1 Å². The molecule has 1 atom stereocenters. The van der Waals surface area contributed by atoms with Crippen molar-refractivity contribution in [1.82, 2.24) is 10.2 Å². The molecule has 2 aromatic carbocycles. The molecule has 2 heterocycles. The molecule has 1 unspecified atom stereocenters. The van der Waals surface area contributed by atoms with Crippen molar-refractivity contribution in [2.45, 2.75) is 96.3 Å². The first-order valence-corrected chi connectivity index (χ1v) is 15.1. The summed E-state index contributed by atoms with van der Waals surface area (Å²) in [5, 5.41) is 2.75. The zero-order chi connectivity index (χ0) is 33.2. The second kappa shape index (κ2) is 13.1. The summed E-state index contributed by atoms with van der Waals surface area (Å²) < 4.78 is 100. The predicted molar refractivity (Wildman–Crippen MR) is 153 cm³/mol. The lowest BCUT2D eigenvalue weighted by Crippen LogP contribution is -2.53. The van der Waals surface area contributed by atoms with Crippen LogP contribution in [0.1, 0.15) is 81.2 Å². The number of hydrogen-bond donors (Lipinski definition) is 1. The van der Waals surface area contributed by atoms with Crippen LogP contribution in [-0.4, -0.2) is 48.9 Å². The number of urea groups is 1. The summed E-state index contributed by atoms with van der Waals surface area (Å²) in [7, 11) is 0. The molecule has 0 spiro atoms. The summed E-state index contributed by atoms with van der Waals surface area (Å²) in [5.74, 6) is 0.502. The number of nitrogens with one attached hydrogen (secondary N) is 1. The molecule has 45 heavy (non-hydrogen) atoms. The monoisotopic (exact) mass is 644 g/mol. The molecule has 2 aliphatic heterocycles. The number of alkyl halides is 6. The van der Waals surface area contributed by atoms with E-state index in [1.54, 1.807) is 45.0 Å². The number of halogens is 6. The number of imide groups is 1. The molecule has 1 N–H and O–H groups in total. The Balaban J connectivity index is 1.49. The highest BCUT2D eigenvalue weighted by Gasteiger charge is 2.76. The van der Waals surface area contributed by atoms with Crippen molar-refractivity contribution in [2.24, 2.45) is 0 Å². The Morgan fingerprint density at radius 1 is 0.933 bits per heavy atom. The maximum atomic E-state index is 14.0. The van der Waals surface area contributed by atoms with Crippen LogP contribution >= 0.6 is 0 Å². The third-order valence-corrected chi connectivity index (χ3v) is 8.24. The Kier molecular flexibility index (Phi) is 10.0. The van der Waals surface area contributed by atoms with Gasteiger partial charge in [-0.1, -0.05) is 38.8 Å². The van der Waals surface area contributed by atoms with Gasteiger partial charge in [-0.25, -0.2) is 4.79 Å². The second-order valence-corrected chi connectivity index (χ2v) is 11.4. The Morgan fingerprint density at radius 2 is 1.58 bits per heavy atom. The highest BCUT2D eigenvalue weighted by Crippen LogP contribution is 2.58. The maximum Gasteiger partial charge on any atom is 0.430 e. The first-order valence-electron chi connectivity index (χ1n) is 15.1. The van der Waals surface area contributed by atoms with E-state index in [1.165, 1.54) is 0 Å². The number of fused-ring (bicyclic) bond motifs is 1. The Morgan fingerprint density at radius 3 is 2.16 bits per heavy atom. The number of carbonyl (C=O) groups is 2. The van der Waals surface area contributed by atoms with E-state index in [-0.39, 0.29) is 48.4 Å². The van der Waals surface area contributed by atoms with E-state index in [0.717, 1.165) is 11.0 Å². The number of carbonyl (C=O) groups excluding carboxylic acids is 2. The van der Waals surface area contributed by atoms with Gasteiger partial charge in [0.25, 0.3) is 11.5 Å². The first-order chi connectivity index (χ1) is 21.2. The van der Waals surface area contributed by atoms with Gasteiger partial charge < -0.3 is 19.5 Å². The molecule has 0 radical (unpaired) electrons. The number of rotatable bonds is 13. The van der Waals surface area contributed by atoms with Crippen molar-refractivity contribution in [3.63, 3.8) is 0 Å². The van der Waals surface area contributed by atoms with E-state index in [9.17, 15) is 35.9 Å². The minimum Gasteiger partial charge on any atom is -0.494 e. The number of benzene rings is 2. The topological polar surface area (TPSA) is 77.1 Å². The van der Waals surface area contributed by atoms with Crippen molar-refractivity contribution >= 4 is 11.9 Å². The molecular formula is C32H38F6N2O5. The lowest BCUT2D eigenvalue weighted by atomic mass is 9.84. The fourth-order valence-corrected chi connectivity index (χ4v) is 6.03. The number of hydrogen-bond acceptors (Lipinski definition) is 5. The zero-order valence-electron chi connectivity index (χ0n) is 25.7. The third kappa shape index (κ3) is 6.19. The van der Waals surface area contributed by atoms with Crippen LogP contribution in [0, 0.1) is 0 Å². The number of amides is 3. The molecule has 13 heteroatoms. The lowest BCUT2D eigenvalue weighted by Gasteiger charge is -2.34. The van der Waals surface area contributed by atoms with E-state index in [0.29, 0.717) is 43.6 Å². The van der Waals surface area contributed by atoms with Gasteiger partial charge in [0, 0.05) is 17.7 Å². The van der Waals surface area contributed by atoms with Crippen LogP contribution in [0.25, 0.3) is 0 Å². The average molecular weight is 645 g/mol. The van der Waals surface area contributed by atoms with Gasteiger partial charge in [-0.15, -0.1) is 0 Å². The van der Waals surface area contributed by atoms with E-state index in [2.05, 4.69) is 10.1 Å². The average Bonchev–Trinajstić information content (AvgIpc) is 3.46. The SMILES string of the molecule is CCCc1cc2c(c(CCC)c1OCCCCN1C(=O)NC(C)(c3ccc(OCC)cc3)C1=O)COC2(C(F)(F)F)C(F)(F)F. The van der Waals surface area contributed by atoms with Gasteiger partial charge in [0.05, 0.1) is 19.8 Å².